The van der Waals surface area contributed by atoms with E-state index in [9.17, 15) is 4.79 Å². The number of hydrogen-bond acceptors (Lipinski definition) is 6. The molecule has 4 aromatic rings. The largest absolute Gasteiger partial charge is 0.497 e. The van der Waals surface area contributed by atoms with Gasteiger partial charge in [0.1, 0.15) is 23.9 Å². The fourth-order valence-corrected chi connectivity index (χ4v) is 7.80. The molecule has 1 aromatic heterocycles. The van der Waals surface area contributed by atoms with Crippen LogP contribution in [0.15, 0.2) is 66.7 Å². The van der Waals surface area contributed by atoms with Crippen molar-refractivity contribution < 1.29 is 19.0 Å². The second kappa shape index (κ2) is 12.7. The second-order valence-corrected chi connectivity index (χ2v) is 12.4. The number of likely N-dealkylation sites (tertiary alicyclic amines) is 1. The topological polar surface area (TPSA) is 48.0 Å². The molecule has 1 saturated carbocycles. The first-order valence-electron chi connectivity index (χ1n) is 14.9. The van der Waals surface area contributed by atoms with Crippen LogP contribution in [0.25, 0.3) is 20.5 Å². The zero-order valence-electron chi connectivity index (χ0n) is 24.1. The van der Waals surface area contributed by atoms with Gasteiger partial charge in [-0.25, -0.2) is 0 Å². The van der Waals surface area contributed by atoms with E-state index in [1.54, 1.807) is 25.6 Å². The molecular weight excluding hydrogens is 530 g/mol. The number of ketones is 1. The molecule has 214 valence electrons. The molecule has 41 heavy (non-hydrogen) atoms. The van der Waals surface area contributed by atoms with Crippen molar-refractivity contribution in [1.29, 1.82) is 0 Å². The van der Waals surface area contributed by atoms with Crippen LogP contribution in [-0.2, 0) is 0 Å². The lowest BCUT2D eigenvalue weighted by atomic mass is 9.80. The maximum atomic E-state index is 14.0. The SMILES string of the molecule is COc1ccc(-c2sc3cc(OC)ccc3c2C(=O)c2ccc(OCCN3CCC(C4CCCCC4)C3)cc2)cc1. The quantitative estimate of drug-likeness (QED) is 0.181. The number of rotatable bonds is 10. The zero-order valence-corrected chi connectivity index (χ0v) is 24.9. The summed E-state index contributed by atoms with van der Waals surface area (Å²) in [4.78, 5) is 17.5. The molecule has 6 heteroatoms. The van der Waals surface area contributed by atoms with E-state index in [0.29, 0.717) is 17.7 Å². The second-order valence-electron chi connectivity index (χ2n) is 11.3. The van der Waals surface area contributed by atoms with Crippen molar-refractivity contribution in [2.45, 2.75) is 38.5 Å². The molecular formula is C35H39NO4S. The van der Waals surface area contributed by atoms with Gasteiger partial charge in [0, 0.05) is 39.2 Å². The Kier molecular flexibility index (Phi) is 8.59. The number of ether oxygens (including phenoxy) is 3. The van der Waals surface area contributed by atoms with E-state index in [0.717, 1.165) is 56.2 Å². The standard InChI is InChI=1S/C35H39NO4S/c1-38-28-12-10-26(11-13-28)35-33(31-17-16-30(39-2)22-32(31)41-35)34(37)25-8-14-29(15-9-25)40-21-20-36-19-18-27(23-36)24-6-4-3-5-7-24/h8-17,22,24,27H,3-7,18-21,23H2,1-2H3. The molecule has 6 rings (SSSR count). The normalized spacial score (nSPS) is 18.0. The molecule has 2 heterocycles. The molecule has 0 N–H and O–H groups in total. The van der Waals surface area contributed by atoms with Gasteiger partial charge in [0.2, 0.25) is 0 Å². The number of carbonyl (C=O) groups is 1. The van der Waals surface area contributed by atoms with Crippen molar-refractivity contribution in [3.05, 3.63) is 77.9 Å². The minimum absolute atomic E-state index is 0.00426. The van der Waals surface area contributed by atoms with Crippen molar-refractivity contribution in [2.24, 2.45) is 11.8 Å². The van der Waals surface area contributed by atoms with E-state index >= 15 is 0 Å². The molecule has 0 amide bonds. The van der Waals surface area contributed by atoms with Crippen molar-refractivity contribution in [3.63, 3.8) is 0 Å². The van der Waals surface area contributed by atoms with Crippen LogP contribution in [0.5, 0.6) is 17.2 Å². The molecule has 0 radical (unpaired) electrons. The van der Waals surface area contributed by atoms with Crippen LogP contribution in [0.2, 0.25) is 0 Å². The minimum Gasteiger partial charge on any atom is -0.497 e. The molecule has 1 aliphatic heterocycles. The number of carbonyl (C=O) groups excluding carboxylic acids is 1. The van der Waals surface area contributed by atoms with Crippen LogP contribution < -0.4 is 14.2 Å². The highest BCUT2D eigenvalue weighted by molar-refractivity contribution is 7.22. The van der Waals surface area contributed by atoms with Gasteiger partial charge in [-0.05, 0) is 97.1 Å². The van der Waals surface area contributed by atoms with Crippen LogP contribution in [0, 0.1) is 11.8 Å². The fourth-order valence-electron chi connectivity index (χ4n) is 6.57. The Morgan fingerprint density at radius 3 is 2.27 bits per heavy atom. The first kappa shape index (κ1) is 27.8. The van der Waals surface area contributed by atoms with Crippen LogP contribution in [0.1, 0.15) is 54.4 Å². The van der Waals surface area contributed by atoms with Gasteiger partial charge < -0.3 is 14.2 Å². The predicted molar refractivity (Wildman–Crippen MR) is 167 cm³/mol. The predicted octanol–water partition coefficient (Wildman–Crippen LogP) is 8.10. The average Bonchev–Trinajstić information content (AvgIpc) is 3.66. The van der Waals surface area contributed by atoms with Gasteiger partial charge in [0.05, 0.1) is 14.2 Å². The van der Waals surface area contributed by atoms with Gasteiger partial charge >= 0.3 is 0 Å². The highest BCUT2D eigenvalue weighted by atomic mass is 32.1. The molecule has 2 fully saturated rings. The lowest BCUT2D eigenvalue weighted by Gasteiger charge is -2.27. The van der Waals surface area contributed by atoms with Crippen molar-refractivity contribution >= 4 is 27.2 Å². The Balaban J connectivity index is 1.14. The summed E-state index contributed by atoms with van der Waals surface area (Å²) in [6, 6.07) is 21.4. The Morgan fingerprint density at radius 2 is 1.54 bits per heavy atom. The van der Waals surface area contributed by atoms with Crippen molar-refractivity contribution in [1.82, 2.24) is 4.90 Å². The molecule has 1 atom stereocenters. The molecule has 0 bridgehead atoms. The van der Waals surface area contributed by atoms with E-state index in [4.69, 9.17) is 14.2 Å². The van der Waals surface area contributed by atoms with Gasteiger partial charge in [0.25, 0.3) is 0 Å². The lowest BCUT2D eigenvalue weighted by molar-refractivity contribution is 0.104. The number of hydrogen-bond donors (Lipinski definition) is 0. The number of thiophene rings is 1. The van der Waals surface area contributed by atoms with E-state index in [2.05, 4.69) is 4.90 Å². The molecule has 1 saturated heterocycles. The number of fused-ring (bicyclic) bond motifs is 1. The Bertz CT molecular complexity index is 1470. The lowest BCUT2D eigenvalue weighted by Crippen LogP contribution is -2.28. The Labute approximate surface area is 247 Å². The summed E-state index contributed by atoms with van der Waals surface area (Å²) in [6.45, 7) is 4.04. The fraction of sp³-hybridized carbons (Fsp3) is 0.400. The third-order valence-corrected chi connectivity index (χ3v) is 10.1. The maximum absolute atomic E-state index is 14.0. The summed E-state index contributed by atoms with van der Waals surface area (Å²) in [6.07, 6.45) is 8.46. The van der Waals surface area contributed by atoms with Crippen molar-refractivity contribution in [3.8, 4) is 27.7 Å². The van der Waals surface area contributed by atoms with Gasteiger partial charge in [-0.2, -0.15) is 0 Å². The van der Waals surface area contributed by atoms with Crippen LogP contribution in [0.4, 0.5) is 0 Å². The number of nitrogens with zero attached hydrogens (tertiary/aromatic N) is 1. The summed E-state index contributed by atoms with van der Waals surface area (Å²) in [5, 5.41) is 0.934. The molecule has 2 aliphatic rings. The summed E-state index contributed by atoms with van der Waals surface area (Å²) in [7, 11) is 3.32. The number of methoxy groups -OCH3 is 2. The average molecular weight is 570 g/mol. The van der Waals surface area contributed by atoms with Crippen LogP contribution in [-0.4, -0.2) is 51.1 Å². The highest BCUT2D eigenvalue weighted by Gasteiger charge is 2.30. The third kappa shape index (κ3) is 6.14. The molecule has 3 aromatic carbocycles. The summed E-state index contributed by atoms with van der Waals surface area (Å²) in [5.41, 5.74) is 2.35. The summed E-state index contributed by atoms with van der Waals surface area (Å²) < 4.78 is 17.9. The van der Waals surface area contributed by atoms with Gasteiger partial charge in [0.15, 0.2) is 5.78 Å². The summed E-state index contributed by atoms with van der Waals surface area (Å²) >= 11 is 1.61. The molecule has 1 aliphatic carbocycles. The van der Waals surface area contributed by atoms with E-state index < -0.39 is 0 Å². The third-order valence-electron chi connectivity index (χ3n) is 8.89. The van der Waals surface area contributed by atoms with Gasteiger partial charge in [-0.15, -0.1) is 11.3 Å². The monoisotopic (exact) mass is 569 g/mol. The maximum Gasteiger partial charge on any atom is 0.195 e. The van der Waals surface area contributed by atoms with E-state index in [-0.39, 0.29) is 5.78 Å². The molecule has 5 nitrogen and oxygen atoms in total. The van der Waals surface area contributed by atoms with Crippen LogP contribution >= 0.6 is 11.3 Å². The van der Waals surface area contributed by atoms with Crippen molar-refractivity contribution in [2.75, 3.05) is 40.5 Å². The summed E-state index contributed by atoms with van der Waals surface area (Å²) in [5.74, 6) is 4.18. The molecule has 0 spiro atoms. The minimum atomic E-state index is 0.00426. The number of benzene rings is 3. The molecule has 1 unspecified atom stereocenters. The zero-order chi connectivity index (χ0) is 28.2. The van der Waals surface area contributed by atoms with Gasteiger partial charge in [-0.3, -0.25) is 9.69 Å². The Morgan fingerprint density at radius 1 is 0.829 bits per heavy atom. The smallest absolute Gasteiger partial charge is 0.195 e. The highest BCUT2D eigenvalue weighted by Crippen LogP contribution is 2.42. The first-order chi connectivity index (χ1) is 20.1. The van der Waals surface area contributed by atoms with E-state index in [1.807, 2.05) is 66.7 Å². The van der Waals surface area contributed by atoms with Crippen LogP contribution in [0.3, 0.4) is 0 Å². The Hall–Kier alpha value is -3.35. The van der Waals surface area contributed by atoms with E-state index in [1.165, 1.54) is 51.6 Å². The van der Waals surface area contributed by atoms with Gasteiger partial charge in [-0.1, -0.05) is 32.1 Å². The first-order valence-corrected chi connectivity index (χ1v) is 15.7.